The SMILES string of the molecule is CCCCSCc1nc(C)c(O)c(CO)c1CO. The Labute approximate surface area is 112 Å². The Bertz CT molecular complexity index is 396. The maximum absolute atomic E-state index is 9.80. The lowest BCUT2D eigenvalue weighted by atomic mass is 10.1. The average molecular weight is 271 g/mol. The molecule has 3 N–H and O–H groups in total. The molecule has 0 bridgehead atoms. The molecule has 0 aliphatic heterocycles. The number of aromatic hydroxyl groups is 1. The third-order valence-electron chi connectivity index (χ3n) is 2.84. The highest BCUT2D eigenvalue weighted by Gasteiger charge is 2.15. The molecule has 1 heterocycles. The molecular formula is C13H21NO3S. The van der Waals surface area contributed by atoms with Crippen molar-refractivity contribution in [3.05, 3.63) is 22.5 Å². The van der Waals surface area contributed by atoms with E-state index in [1.807, 2.05) is 0 Å². The number of aliphatic hydroxyl groups is 2. The van der Waals surface area contributed by atoms with Gasteiger partial charge in [0.1, 0.15) is 5.75 Å². The van der Waals surface area contributed by atoms with E-state index in [1.165, 1.54) is 0 Å². The summed E-state index contributed by atoms with van der Waals surface area (Å²) in [6.45, 7) is 3.36. The first kappa shape index (κ1) is 15.3. The van der Waals surface area contributed by atoms with Gasteiger partial charge in [-0.3, -0.25) is 4.98 Å². The standard InChI is InChI=1S/C13H21NO3S/c1-3-4-5-18-8-12-10(6-15)11(7-16)13(17)9(2)14-12/h15-17H,3-8H2,1-2H3. The van der Waals surface area contributed by atoms with E-state index in [-0.39, 0.29) is 19.0 Å². The zero-order valence-corrected chi connectivity index (χ0v) is 11.8. The monoisotopic (exact) mass is 271 g/mol. The topological polar surface area (TPSA) is 73.6 Å². The zero-order valence-electron chi connectivity index (χ0n) is 10.9. The molecular weight excluding hydrogens is 250 g/mol. The summed E-state index contributed by atoms with van der Waals surface area (Å²) in [6, 6.07) is 0. The lowest BCUT2D eigenvalue weighted by Crippen LogP contribution is -2.05. The quantitative estimate of drug-likeness (QED) is 0.662. The first-order valence-electron chi connectivity index (χ1n) is 6.15. The second-order valence-electron chi connectivity index (χ2n) is 4.17. The number of hydrogen-bond acceptors (Lipinski definition) is 5. The van der Waals surface area contributed by atoms with Gasteiger partial charge in [0.15, 0.2) is 0 Å². The van der Waals surface area contributed by atoms with Gasteiger partial charge in [-0.05, 0) is 19.1 Å². The molecule has 0 amide bonds. The largest absolute Gasteiger partial charge is 0.506 e. The number of hydrogen-bond donors (Lipinski definition) is 3. The predicted molar refractivity (Wildman–Crippen MR) is 73.6 cm³/mol. The number of aryl methyl sites for hydroxylation is 1. The molecule has 0 fully saturated rings. The van der Waals surface area contributed by atoms with E-state index in [4.69, 9.17) is 0 Å². The summed E-state index contributed by atoms with van der Waals surface area (Å²) in [4.78, 5) is 4.31. The van der Waals surface area contributed by atoms with Crippen molar-refractivity contribution in [2.24, 2.45) is 0 Å². The first-order valence-corrected chi connectivity index (χ1v) is 7.30. The van der Waals surface area contributed by atoms with Gasteiger partial charge in [0.2, 0.25) is 0 Å². The molecule has 0 aromatic carbocycles. The Balaban J connectivity index is 2.92. The minimum absolute atomic E-state index is 0.0103. The van der Waals surface area contributed by atoms with Crippen LogP contribution in [0.3, 0.4) is 0 Å². The summed E-state index contributed by atoms with van der Waals surface area (Å²) >= 11 is 1.76. The number of nitrogens with zero attached hydrogens (tertiary/aromatic N) is 1. The van der Waals surface area contributed by atoms with E-state index in [2.05, 4.69) is 11.9 Å². The molecule has 1 rings (SSSR count). The van der Waals surface area contributed by atoms with Crippen LogP contribution in [0.5, 0.6) is 5.75 Å². The Kier molecular flexibility index (Phi) is 6.46. The number of pyridine rings is 1. The molecule has 102 valence electrons. The fourth-order valence-electron chi connectivity index (χ4n) is 1.75. The maximum Gasteiger partial charge on any atom is 0.142 e. The highest BCUT2D eigenvalue weighted by atomic mass is 32.2. The molecule has 0 saturated carbocycles. The average Bonchev–Trinajstić information content (AvgIpc) is 2.38. The Hall–Kier alpha value is -0.780. The highest BCUT2D eigenvalue weighted by molar-refractivity contribution is 7.98. The zero-order chi connectivity index (χ0) is 13.5. The third kappa shape index (κ3) is 3.60. The van der Waals surface area contributed by atoms with Gasteiger partial charge in [-0.25, -0.2) is 0 Å². The minimum Gasteiger partial charge on any atom is -0.506 e. The molecule has 0 radical (unpaired) electrons. The fraction of sp³-hybridized carbons (Fsp3) is 0.615. The third-order valence-corrected chi connectivity index (χ3v) is 3.90. The lowest BCUT2D eigenvalue weighted by molar-refractivity contribution is 0.253. The van der Waals surface area contributed by atoms with E-state index >= 15 is 0 Å². The van der Waals surface area contributed by atoms with Crippen molar-refractivity contribution < 1.29 is 15.3 Å². The smallest absolute Gasteiger partial charge is 0.142 e. The van der Waals surface area contributed by atoms with Crippen LogP contribution in [0.25, 0.3) is 0 Å². The van der Waals surface area contributed by atoms with Crippen LogP contribution >= 0.6 is 11.8 Å². The molecule has 4 nitrogen and oxygen atoms in total. The predicted octanol–water partition coefficient (Wildman–Crippen LogP) is 2.11. The fourth-order valence-corrected chi connectivity index (χ4v) is 2.82. The number of thioether (sulfide) groups is 1. The summed E-state index contributed by atoms with van der Waals surface area (Å²) in [7, 11) is 0. The van der Waals surface area contributed by atoms with Gasteiger partial charge in [0, 0.05) is 16.9 Å². The van der Waals surface area contributed by atoms with E-state index < -0.39 is 0 Å². The van der Waals surface area contributed by atoms with Crippen LogP contribution < -0.4 is 0 Å². The van der Waals surface area contributed by atoms with Crippen molar-refractivity contribution in [2.45, 2.75) is 45.7 Å². The second kappa shape index (κ2) is 7.61. The van der Waals surface area contributed by atoms with Crippen molar-refractivity contribution in [1.29, 1.82) is 0 Å². The number of aromatic nitrogens is 1. The normalized spacial score (nSPS) is 10.9. The highest BCUT2D eigenvalue weighted by Crippen LogP contribution is 2.28. The molecule has 1 aromatic heterocycles. The van der Waals surface area contributed by atoms with Crippen molar-refractivity contribution in [2.75, 3.05) is 5.75 Å². The van der Waals surface area contributed by atoms with Crippen molar-refractivity contribution >= 4 is 11.8 Å². The summed E-state index contributed by atoms with van der Waals surface area (Å²) in [5, 5.41) is 28.5. The van der Waals surface area contributed by atoms with Crippen LogP contribution in [0.4, 0.5) is 0 Å². The van der Waals surface area contributed by atoms with Crippen LogP contribution in [0.2, 0.25) is 0 Å². The first-order chi connectivity index (χ1) is 8.65. The maximum atomic E-state index is 9.80. The van der Waals surface area contributed by atoms with E-state index in [1.54, 1.807) is 18.7 Å². The van der Waals surface area contributed by atoms with E-state index in [9.17, 15) is 15.3 Å². The number of unbranched alkanes of at least 4 members (excludes halogenated alkanes) is 1. The summed E-state index contributed by atoms with van der Waals surface area (Å²) in [5.41, 5.74) is 2.22. The van der Waals surface area contributed by atoms with Gasteiger partial charge < -0.3 is 15.3 Å². The lowest BCUT2D eigenvalue weighted by Gasteiger charge is -2.14. The van der Waals surface area contributed by atoms with Crippen LogP contribution in [-0.2, 0) is 19.0 Å². The van der Waals surface area contributed by atoms with Gasteiger partial charge in [-0.15, -0.1) is 0 Å². The summed E-state index contributed by atoms with van der Waals surface area (Å²) in [5.74, 6) is 1.74. The second-order valence-corrected chi connectivity index (χ2v) is 5.28. The Morgan fingerprint density at radius 3 is 2.39 bits per heavy atom. The van der Waals surface area contributed by atoms with Gasteiger partial charge in [-0.1, -0.05) is 13.3 Å². The van der Waals surface area contributed by atoms with Gasteiger partial charge in [0.05, 0.1) is 24.6 Å². The van der Waals surface area contributed by atoms with Crippen LogP contribution in [0, 0.1) is 6.92 Å². The molecule has 5 heteroatoms. The number of rotatable bonds is 7. The van der Waals surface area contributed by atoms with Crippen molar-refractivity contribution in [3.8, 4) is 5.75 Å². The van der Waals surface area contributed by atoms with E-state index in [0.717, 1.165) is 24.3 Å². The molecule has 0 unspecified atom stereocenters. The molecule has 18 heavy (non-hydrogen) atoms. The van der Waals surface area contributed by atoms with Gasteiger partial charge >= 0.3 is 0 Å². The number of aliphatic hydroxyl groups excluding tert-OH is 2. The molecule has 0 saturated heterocycles. The molecule has 1 aromatic rings. The Morgan fingerprint density at radius 1 is 1.17 bits per heavy atom. The molecule has 0 atom stereocenters. The molecule has 0 aliphatic rings. The van der Waals surface area contributed by atoms with Crippen LogP contribution in [-0.4, -0.2) is 26.1 Å². The van der Waals surface area contributed by atoms with Crippen LogP contribution in [0.1, 0.15) is 42.3 Å². The minimum atomic E-state index is -0.280. The van der Waals surface area contributed by atoms with E-state index in [0.29, 0.717) is 22.6 Å². The van der Waals surface area contributed by atoms with Crippen molar-refractivity contribution in [3.63, 3.8) is 0 Å². The van der Waals surface area contributed by atoms with Gasteiger partial charge in [0.25, 0.3) is 0 Å². The Morgan fingerprint density at radius 2 is 1.83 bits per heavy atom. The summed E-state index contributed by atoms with van der Waals surface area (Å²) in [6.07, 6.45) is 2.31. The van der Waals surface area contributed by atoms with Gasteiger partial charge in [-0.2, -0.15) is 11.8 Å². The van der Waals surface area contributed by atoms with Crippen molar-refractivity contribution in [1.82, 2.24) is 4.98 Å². The molecule has 0 spiro atoms. The summed E-state index contributed by atoms with van der Waals surface area (Å²) < 4.78 is 0. The molecule has 0 aliphatic carbocycles. The van der Waals surface area contributed by atoms with Crippen LogP contribution in [0.15, 0.2) is 0 Å².